The first-order chi connectivity index (χ1) is 11.3. The number of nitrogens with zero attached hydrogens (tertiary/aromatic N) is 3. The Kier molecular flexibility index (Phi) is 3.12. The van der Waals surface area contributed by atoms with Gasteiger partial charge in [0.15, 0.2) is 0 Å². The summed E-state index contributed by atoms with van der Waals surface area (Å²) in [6.07, 6.45) is 4.88. The Morgan fingerprint density at radius 1 is 1.00 bits per heavy atom. The monoisotopic (exact) mass is 304 g/mol. The average Bonchev–Trinajstić information content (AvgIpc) is 2.93. The second-order valence-corrected chi connectivity index (χ2v) is 4.90. The van der Waals surface area contributed by atoms with Gasteiger partial charge in [0.05, 0.1) is 17.4 Å². The van der Waals surface area contributed by atoms with E-state index in [1.807, 2.05) is 30.3 Å². The van der Waals surface area contributed by atoms with Crippen molar-refractivity contribution in [3.8, 4) is 17.3 Å². The van der Waals surface area contributed by atoms with Gasteiger partial charge in [0.2, 0.25) is 5.88 Å². The maximum absolute atomic E-state index is 12.3. The Bertz CT molecular complexity index is 1010. The Morgan fingerprint density at radius 3 is 2.65 bits per heavy atom. The molecule has 0 saturated heterocycles. The van der Waals surface area contributed by atoms with Crippen molar-refractivity contribution in [1.82, 2.24) is 19.5 Å². The van der Waals surface area contributed by atoms with Crippen LogP contribution < -0.4 is 10.4 Å². The van der Waals surface area contributed by atoms with E-state index in [0.717, 1.165) is 0 Å². The van der Waals surface area contributed by atoms with Crippen molar-refractivity contribution in [2.24, 2.45) is 0 Å². The fraction of sp³-hybridized carbons (Fsp3) is 0. The third kappa shape index (κ3) is 2.36. The van der Waals surface area contributed by atoms with Crippen LogP contribution in [0.4, 0.5) is 0 Å². The van der Waals surface area contributed by atoms with Crippen LogP contribution in [-0.4, -0.2) is 19.5 Å². The maximum atomic E-state index is 12.3. The van der Waals surface area contributed by atoms with Crippen LogP contribution in [0.2, 0.25) is 0 Å². The Balaban J connectivity index is 1.94. The van der Waals surface area contributed by atoms with Crippen LogP contribution in [-0.2, 0) is 0 Å². The number of rotatable bonds is 3. The second-order valence-electron chi connectivity index (χ2n) is 4.90. The summed E-state index contributed by atoms with van der Waals surface area (Å²) in [6, 6.07) is 14.6. The zero-order valence-corrected chi connectivity index (χ0v) is 12.0. The summed E-state index contributed by atoms with van der Waals surface area (Å²) in [5, 5.41) is 0. The molecule has 6 heteroatoms. The highest BCUT2D eigenvalue weighted by atomic mass is 16.5. The first-order valence-electron chi connectivity index (χ1n) is 7.06. The first kappa shape index (κ1) is 13.3. The number of nitrogens with one attached hydrogen (secondary N) is 1. The molecule has 0 fully saturated rings. The van der Waals surface area contributed by atoms with Crippen molar-refractivity contribution in [1.29, 1.82) is 0 Å². The molecule has 0 aliphatic heterocycles. The van der Waals surface area contributed by atoms with Gasteiger partial charge in [-0.1, -0.05) is 18.2 Å². The molecule has 0 radical (unpaired) electrons. The molecule has 6 nitrogen and oxygen atoms in total. The van der Waals surface area contributed by atoms with Crippen molar-refractivity contribution in [3.63, 3.8) is 0 Å². The number of pyridine rings is 2. The lowest BCUT2D eigenvalue weighted by molar-refractivity contribution is 0.467. The molecular formula is C17H12N4O2. The third-order valence-corrected chi connectivity index (χ3v) is 3.42. The lowest BCUT2D eigenvalue weighted by atomic mass is 10.3. The average molecular weight is 304 g/mol. The molecule has 0 bridgehead atoms. The number of H-pyrrole nitrogens is 1. The topological polar surface area (TPSA) is 72.8 Å². The van der Waals surface area contributed by atoms with E-state index in [9.17, 15) is 4.79 Å². The molecule has 112 valence electrons. The van der Waals surface area contributed by atoms with Crippen molar-refractivity contribution < 1.29 is 4.74 Å². The molecule has 1 N–H and O–H groups in total. The third-order valence-electron chi connectivity index (χ3n) is 3.42. The molecule has 0 unspecified atom stereocenters. The van der Waals surface area contributed by atoms with Crippen molar-refractivity contribution >= 4 is 11.0 Å². The highest BCUT2D eigenvalue weighted by Gasteiger charge is 2.15. The molecule has 0 amide bonds. The van der Waals surface area contributed by atoms with Gasteiger partial charge in [-0.05, 0) is 30.3 Å². The van der Waals surface area contributed by atoms with Gasteiger partial charge in [0.1, 0.15) is 11.3 Å². The summed E-state index contributed by atoms with van der Waals surface area (Å²) >= 11 is 0. The van der Waals surface area contributed by atoms with Crippen molar-refractivity contribution in [2.45, 2.75) is 0 Å². The van der Waals surface area contributed by atoms with E-state index in [1.165, 1.54) is 4.57 Å². The van der Waals surface area contributed by atoms with Crippen LogP contribution >= 0.6 is 0 Å². The van der Waals surface area contributed by atoms with Crippen LogP contribution in [0.15, 0.2) is 71.9 Å². The summed E-state index contributed by atoms with van der Waals surface area (Å²) in [5.74, 6) is 1.01. The van der Waals surface area contributed by atoms with Gasteiger partial charge in [-0.2, -0.15) is 0 Å². The minimum atomic E-state index is -0.265. The van der Waals surface area contributed by atoms with Gasteiger partial charge < -0.3 is 9.72 Å². The summed E-state index contributed by atoms with van der Waals surface area (Å²) in [7, 11) is 0. The van der Waals surface area contributed by atoms with Crippen LogP contribution in [0.3, 0.4) is 0 Å². The Labute approximate surface area is 131 Å². The van der Waals surface area contributed by atoms with Gasteiger partial charge in [0, 0.05) is 12.4 Å². The number of aromatic nitrogens is 4. The van der Waals surface area contributed by atoms with Crippen LogP contribution in [0.5, 0.6) is 11.6 Å². The van der Waals surface area contributed by atoms with Crippen LogP contribution in [0, 0.1) is 0 Å². The minimum Gasteiger partial charge on any atom is -0.437 e. The molecule has 0 aliphatic rings. The SMILES string of the molecule is O=c1[nH]c2ccnc(Oc3ccccc3)c2n1-c1cccnc1. The van der Waals surface area contributed by atoms with Crippen molar-refractivity contribution in [3.05, 3.63) is 77.6 Å². The quantitative estimate of drug-likeness (QED) is 0.631. The van der Waals surface area contributed by atoms with Crippen LogP contribution in [0.25, 0.3) is 16.7 Å². The van der Waals surface area contributed by atoms with Crippen LogP contribution in [0.1, 0.15) is 0 Å². The lowest BCUT2D eigenvalue weighted by Gasteiger charge is -2.08. The smallest absolute Gasteiger partial charge is 0.331 e. The first-order valence-corrected chi connectivity index (χ1v) is 7.06. The normalized spacial score (nSPS) is 10.8. The molecule has 4 rings (SSSR count). The highest BCUT2D eigenvalue weighted by molar-refractivity contribution is 5.82. The number of fused-ring (bicyclic) bond motifs is 1. The standard InChI is InChI=1S/C17H12N4O2/c22-17-20-14-8-10-19-16(23-13-6-2-1-3-7-13)15(14)21(17)12-5-4-9-18-11-12/h1-11H,(H,20,22). The van der Waals surface area contributed by atoms with E-state index >= 15 is 0 Å². The molecule has 0 atom stereocenters. The van der Waals surface area contributed by atoms with Gasteiger partial charge in [-0.15, -0.1) is 0 Å². The molecule has 0 saturated carbocycles. The predicted molar refractivity (Wildman–Crippen MR) is 86.0 cm³/mol. The number of hydrogen-bond donors (Lipinski definition) is 1. The van der Waals surface area contributed by atoms with E-state index in [-0.39, 0.29) is 5.69 Å². The fourth-order valence-corrected chi connectivity index (χ4v) is 2.43. The van der Waals surface area contributed by atoms with Gasteiger partial charge >= 0.3 is 5.69 Å². The molecule has 23 heavy (non-hydrogen) atoms. The number of imidazole rings is 1. The molecular weight excluding hydrogens is 292 g/mol. The summed E-state index contributed by atoms with van der Waals surface area (Å²) < 4.78 is 7.36. The van der Waals surface area contributed by atoms with E-state index in [4.69, 9.17) is 4.74 Å². The Morgan fingerprint density at radius 2 is 1.87 bits per heavy atom. The number of benzene rings is 1. The van der Waals surface area contributed by atoms with Gasteiger partial charge in [-0.25, -0.2) is 9.78 Å². The van der Waals surface area contributed by atoms with Gasteiger partial charge in [-0.3, -0.25) is 9.55 Å². The van der Waals surface area contributed by atoms with E-state index in [1.54, 1.807) is 36.8 Å². The number of para-hydroxylation sites is 1. The zero-order chi connectivity index (χ0) is 15.6. The molecule has 1 aromatic carbocycles. The minimum absolute atomic E-state index is 0.265. The Hall–Kier alpha value is -3.41. The number of aromatic amines is 1. The zero-order valence-electron chi connectivity index (χ0n) is 12.0. The molecule has 3 heterocycles. The molecule has 0 aliphatic carbocycles. The lowest BCUT2D eigenvalue weighted by Crippen LogP contribution is -2.15. The largest absolute Gasteiger partial charge is 0.437 e. The van der Waals surface area contributed by atoms with E-state index < -0.39 is 0 Å². The van der Waals surface area contributed by atoms with E-state index in [2.05, 4.69) is 15.0 Å². The highest BCUT2D eigenvalue weighted by Crippen LogP contribution is 2.27. The predicted octanol–water partition coefficient (Wildman–Crippen LogP) is 2.90. The maximum Gasteiger partial charge on any atom is 0.331 e. The van der Waals surface area contributed by atoms with Gasteiger partial charge in [0.25, 0.3) is 0 Å². The van der Waals surface area contributed by atoms with Crippen molar-refractivity contribution in [2.75, 3.05) is 0 Å². The summed E-state index contributed by atoms with van der Waals surface area (Å²) in [5.41, 5.74) is 1.61. The number of hydrogen-bond acceptors (Lipinski definition) is 4. The second kappa shape index (κ2) is 5.42. The molecule has 3 aromatic heterocycles. The molecule has 0 spiro atoms. The molecule has 4 aromatic rings. The fourth-order valence-electron chi connectivity index (χ4n) is 2.43. The number of ether oxygens (including phenoxy) is 1. The summed E-state index contributed by atoms with van der Waals surface area (Å²) in [4.78, 5) is 23.5. The van der Waals surface area contributed by atoms with E-state index in [0.29, 0.717) is 28.4 Å². The summed E-state index contributed by atoms with van der Waals surface area (Å²) in [6.45, 7) is 0.